The lowest BCUT2D eigenvalue weighted by atomic mass is 9.93. The number of hydrogen-bond donors (Lipinski definition) is 2. The molecule has 2 amide bonds. The van der Waals surface area contributed by atoms with Crippen molar-refractivity contribution in [1.29, 1.82) is 0 Å². The molecule has 0 radical (unpaired) electrons. The van der Waals surface area contributed by atoms with Crippen LogP contribution in [0.2, 0.25) is 0 Å². The van der Waals surface area contributed by atoms with Crippen molar-refractivity contribution in [3.8, 4) is 0 Å². The summed E-state index contributed by atoms with van der Waals surface area (Å²) in [6.07, 6.45) is 3.91. The Hall–Kier alpha value is -1.96. The van der Waals surface area contributed by atoms with Gasteiger partial charge in [-0.15, -0.1) is 0 Å². The highest BCUT2D eigenvalue weighted by Gasteiger charge is 2.34. The van der Waals surface area contributed by atoms with Crippen LogP contribution in [0.5, 0.6) is 0 Å². The van der Waals surface area contributed by atoms with Crippen molar-refractivity contribution in [1.82, 2.24) is 15.1 Å². The first-order chi connectivity index (χ1) is 14.4. The summed E-state index contributed by atoms with van der Waals surface area (Å²) >= 11 is 0. The summed E-state index contributed by atoms with van der Waals surface area (Å²) in [6.45, 7) is 5.66. The van der Waals surface area contributed by atoms with Crippen LogP contribution in [0.15, 0.2) is 24.3 Å². The highest BCUT2D eigenvalue weighted by atomic mass is 16.5. The van der Waals surface area contributed by atoms with Crippen LogP contribution in [0.3, 0.4) is 0 Å². The van der Waals surface area contributed by atoms with Gasteiger partial charge in [-0.3, -0.25) is 9.59 Å². The Balaban J connectivity index is 1.53. The predicted octanol–water partition coefficient (Wildman–Crippen LogP) is 1.79. The lowest BCUT2D eigenvalue weighted by Gasteiger charge is -2.38. The number of likely N-dealkylation sites (tertiary alicyclic amines) is 2. The zero-order valence-electron chi connectivity index (χ0n) is 18.2. The van der Waals surface area contributed by atoms with Gasteiger partial charge in [0.15, 0.2) is 0 Å². The molecule has 0 unspecified atom stereocenters. The Labute approximate surface area is 179 Å². The normalized spacial score (nSPS) is 23.8. The first-order valence-electron chi connectivity index (χ1n) is 11.0. The van der Waals surface area contributed by atoms with E-state index in [0.29, 0.717) is 44.6 Å². The van der Waals surface area contributed by atoms with Gasteiger partial charge in [-0.2, -0.15) is 0 Å². The van der Waals surface area contributed by atoms with Crippen LogP contribution < -0.4 is 5.32 Å². The average Bonchev–Trinajstić information content (AvgIpc) is 2.91. The Morgan fingerprint density at radius 1 is 1.20 bits per heavy atom. The van der Waals surface area contributed by atoms with E-state index in [1.807, 2.05) is 29.2 Å². The van der Waals surface area contributed by atoms with Crippen LogP contribution in [0.25, 0.3) is 0 Å². The maximum Gasteiger partial charge on any atom is 0.253 e. The molecule has 3 rings (SSSR count). The second-order valence-electron chi connectivity index (χ2n) is 8.75. The second kappa shape index (κ2) is 10.4. The van der Waals surface area contributed by atoms with Crippen LogP contribution in [-0.2, 0) is 16.1 Å². The van der Waals surface area contributed by atoms with Gasteiger partial charge in [0.2, 0.25) is 5.91 Å². The third-order valence-electron chi connectivity index (χ3n) is 6.20. The number of piperidine rings is 1. The molecule has 0 spiro atoms. The van der Waals surface area contributed by atoms with E-state index < -0.39 is 5.60 Å². The zero-order chi connectivity index (χ0) is 21.6. The number of rotatable bonds is 6. The number of carbonyl (C=O) groups is 2. The molecule has 2 saturated heterocycles. The van der Waals surface area contributed by atoms with Gasteiger partial charge in [-0.1, -0.05) is 12.1 Å². The summed E-state index contributed by atoms with van der Waals surface area (Å²) in [5, 5.41) is 14.2. The number of β-amino-alcohol motifs (C(OH)–C–C–N with tert-alkyl or cyclic N) is 1. The van der Waals surface area contributed by atoms with Crippen molar-refractivity contribution in [3.63, 3.8) is 0 Å². The molecule has 0 bridgehead atoms. The summed E-state index contributed by atoms with van der Waals surface area (Å²) in [7, 11) is 1.65. The minimum absolute atomic E-state index is 0.0216. The van der Waals surface area contributed by atoms with Crippen molar-refractivity contribution in [2.24, 2.45) is 0 Å². The van der Waals surface area contributed by atoms with Gasteiger partial charge < -0.3 is 25.0 Å². The highest BCUT2D eigenvalue weighted by molar-refractivity contribution is 5.94. The van der Waals surface area contributed by atoms with Crippen molar-refractivity contribution in [2.75, 3.05) is 39.8 Å². The van der Waals surface area contributed by atoms with Crippen molar-refractivity contribution < 1.29 is 19.4 Å². The van der Waals surface area contributed by atoms with Crippen LogP contribution in [-0.4, -0.2) is 78.2 Å². The van der Waals surface area contributed by atoms with Gasteiger partial charge in [0.25, 0.3) is 5.91 Å². The van der Waals surface area contributed by atoms with Crippen molar-refractivity contribution in [2.45, 2.75) is 57.3 Å². The fourth-order valence-electron chi connectivity index (χ4n) is 4.62. The van der Waals surface area contributed by atoms with E-state index in [1.165, 1.54) is 0 Å². The van der Waals surface area contributed by atoms with Gasteiger partial charge >= 0.3 is 0 Å². The molecule has 1 aromatic rings. The number of methoxy groups -OCH3 is 1. The molecule has 7 nitrogen and oxygen atoms in total. The predicted molar refractivity (Wildman–Crippen MR) is 115 cm³/mol. The molecule has 2 fully saturated rings. The van der Waals surface area contributed by atoms with Crippen LogP contribution in [0.1, 0.15) is 54.9 Å². The molecule has 166 valence electrons. The van der Waals surface area contributed by atoms with E-state index in [-0.39, 0.29) is 17.9 Å². The molecule has 1 aromatic carbocycles. The molecule has 0 aromatic heterocycles. The number of carbonyl (C=O) groups excluding carboxylic acids is 2. The van der Waals surface area contributed by atoms with Gasteiger partial charge in [0.1, 0.15) is 0 Å². The smallest absolute Gasteiger partial charge is 0.253 e. The Morgan fingerprint density at radius 2 is 1.97 bits per heavy atom. The fraction of sp³-hybridized carbons (Fsp3) is 0.652. The van der Waals surface area contributed by atoms with Gasteiger partial charge in [0.05, 0.1) is 12.2 Å². The highest BCUT2D eigenvalue weighted by Crippen LogP contribution is 2.26. The van der Waals surface area contributed by atoms with Gasteiger partial charge in [0, 0.05) is 58.4 Å². The lowest BCUT2D eigenvalue weighted by Crippen LogP contribution is -2.50. The summed E-state index contributed by atoms with van der Waals surface area (Å²) in [6, 6.07) is 7.82. The number of amides is 2. The zero-order valence-corrected chi connectivity index (χ0v) is 18.2. The summed E-state index contributed by atoms with van der Waals surface area (Å²) in [5.41, 5.74) is 0.890. The molecule has 2 aliphatic rings. The maximum atomic E-state index is 13.0. The number of hydrogen-bond acceptors (Lipinski definition) is 5. The molecular formula is C23H35N3O4. The molecule has 30 heavy (non-hydrogen) atoms. The molecule has 0 saturated carbocycles. The van der Waals surface area contributed by atoms with E-state index in [4.69, 9.17) is 4.74 Å². The van der Waals surface area contributed by atoms with E-state index in [9.17, 15) is 14.7 Å². The summed E-state index contributed by atoms with van der Waals surface area (Å²) < 4.78 is 5.17. The van der Waals surface area contributed by atoms with E-state index >= 15 is 0 Å². The number of nitrogens with zero attached hydrogens (tertiary/aromatic N) is 2. The van der Waals surface area contributed by atoms with E-state index in [1.54, 1.807) is 14.0 Å². The molecule has 7 heteroatoms. The topological polar surface area (TPSA) is 82.1 Å². The minimum Gasteiger partial charge on any atom is -0.388 e. The quantitative estimate of drug-likeness (QED) is 0.738. The van der Waals surface area contributed by atoms with Crippen molar-refractivity contribution in [3.05, 3.63) is 35.4 Å². The Bertz CT molecular complexity index is 733. The molecular weight excluding hydrogens is 382 g/mol. The van der Waals surface area contributed by atoms with Crippen LogP contribution in [0, 0.1) is 0 Å². The van der Waals surface area contributed by atoms with Gasteiger partial charge in [-0.25, -0.2) is 0 Å². The molecule has 2 aliphatic heterocycles. The molecule has 2 N–H and O–H groups in total. The van der Waals surface area contributed by atoms with Crippen molar-refractivity contribution >= 4 is 11.8 Å². The minimum atomic E-state index is -0.770. The van der Waals surface area contributed by atoms with E-state index in [2.05, 4.69) is 10.2 Å². The average molecular weight is 418 g/mol. The fourth-order valence-corrected chi connectivity index (χ4v) is 4.62. The number of ether oxygens (including phenoxy) is 1. The molecule has 1 atom stereocenters. The molecule has 2 heterocycles. The SMILES string of the molecule is COCc1cccc(C(=O)N2CCC[C@](O)(CN3CCC(NC(C)=O)CC3)CC2)c1. The van der Waals surface area contributed by atoms with Gasteiger partial charge in [-0.05, 0) is 49.8 Å². The summed E-state index contributed by atoms with van der Waals surface area (Å²) in [5.74, 6) is 0.0432. The standard InChI is InChI=1S/C23H35N3O4/c1-18(27)24-21-7-12-25(13-8-21)17-23(29)9-4-11-26(14-10-23)22(28)20-6-3-5-19(15-20)16-30-2/h3,5-6,15,21,29H,4,7-14,16-17H2,1-2H3,(H,24,27)/t23-/m1/s1. The maximum absolute atomic E-state index is 13.0. The lowest BCUT2D eigenvalue weighted by molar-refractivity contribution is -0.120. The third-order valence-corrected chi connectivity index (χ3v) is 6.20. The Morgan fingerprint density at radius 3 is 2.67 bits per heavy atom. The summed E-state index contributed by atoms with van der Waals surface area (Å²) in [4.78, 5) is 28.4. The second-order valence-corrected chi connectivity index (χ2v) is 8.75. The van der Waals surface area contributed by atoms with E-state index in [0.717, 1.165) is 37.9 Å². The number of aliphatic hydroxyl groups is 1. The first kappa shape index (κ1) is 22.7. The first-order valence-corrected chi connectivity index (χ1v) is 11.0. The van der Waals surface area contributed by atoms with Crippen LogP contribution >= 0.6 is 0 Å². The number of benzene rings is 1. The number of nitrogens with one attached hydrogen (secondary N) is 1. The van der Waals surface area contributed by atoms with Crippen LogP contribution in [0.4, 0.5) is 0 Å². The molecule has 0 aliphatic carbocycles. The largest absolute Gasteiger partial charge is 0.388 e. The monoisotopic (exact) mass is 417 g/mol. The Kier molecular flexibility index (Phi) is 7.86. The third kappa shape index (κ3) is 6.27.